The summed E-state index contributed by atoms with van der Waals surface area (Å²) in [5, 5.41) is 0. The lowest BCUT2D eigenvalue weighted by Gasteiger charge is -2.18. The van der Waals surface area contributed by atoms with Gasteiger partial charge in [0, 0.05) is 26.1 Å². The lowest BCUT2D eigenvalue weighted by Crippen LogP contribution is -2.37. The van der Waals surface area contributed by atoms with E-state index in [2.05, 4.69) is 0 Å². The fourth-order valence-electron chi connectivity index (χ4n) is 2.21. The van der Waals surface area contributed by atoms with Crippen LogP contribution in [0.15, 0.2) is 21.9 Å². The average Bonchev–Trinajstić information content (AvgIpc) is 2.73. The van der Waals surface area contributed by atoms with E-state index in [0.717, 1.165) is 30.7 Å². The van der Waals surface area contributed by atoms with E-state index in [0.29, 0.717) is 0 Å². The number of carbonyl (C=O) groups is 2. The average molecular weight is 330 g/mol. The Morgan fingerprint density at radius 1 is 1.35 bits per heavy atom. The molecule has 126 valence electrons. The monoisotopic (exact) mass is 330 g/mol. The van der Waals surface area contributed by atoms with Crippen molar-refractivity contribution in [2.75, 3.05) is 6.61 Å². The summed E-state index contributed by atoms with van der Waals surface area (Å²) in [4.78, 5) is 46.8. The molecule has 4 atom stereocenters. The Bertz CT molecular complexity index is 713. The van der Waals surface area contributed by atoms with Crippen LogP contribution >= 0.6 is 0 Å². The summed E-state index contributed by atoms with van der Waals surface area (Å²) in [6, 6.07) is 1.03. The summed E-state index contributed by atoms with van der Waals surface area (Å²) in [6.07, 6.45) is -4.68. The first-order valence-electron chi connectivity index (χ1n) is 6.71. The molecule has 1 N–H and O–H groups in total. The van der Waals surface area contributed by atoms with Crippen LogP contribution in [0.5, 0.6) is 0 Å². The first-order chi connectivity index (χ1) is 10.8. The lowest BCUT2D eigenvalue weighted by atomic mass is 10.1. The van der Waals surface area contributed by atoms with Crippen molar-refractivity contribution in [1.82, 2.24) is 9.55 Å². The van der Waals surface area contributed by atoms with E-state index in [4.69, 9.17) is 14.2 Å². The molecule has 0 aliphatic carbocycles. The molecule has 1 aliphatic rings. The molecule has 1 saturated heterocycles. The zero-order valence-corrected chi connectivity index (χ0v) is 12.4. The molecule has 9 nitrogen and oxygen atoms in total. The second-order valence-corrected chi connectivity index (χ2v) is 4.90. The summed E-state index contributed by atoms with van der Waals surface area (Å²) < 4.78 is 30.4. The molecule has 1 aromatic rings. The fraction of sp³-hybridized carbons (Fsp3) is 0.538. The summed E-state index contributed by atoms with van der Waals surface area (Å²) in [6.45, 7) is 1.91. The van der Waals surface area contributed by atoms with Crippen LogP contribution in [0.2, 0.25) is 0 Å². The number of alkyl halides is 1. The number of halogens is 1. The highest BCUT2D eigenvalue weighted by Crippen LogP contribution is 2.33. The molecule has 0 unspecified atom stereocenters. The van der Waals surface area contributed by atoms with E-state index in [1.165, 1.54) is 0 Å². The highest BCUT2D eigenvalue weighted by Gasteiger charge is 2.49. The van der Waals surface area contributed by atoms with Crippen molar-refractivity contribution < 1.29 is 28.2 Å². The predicted octanol–water partition coefficient (Wildman–Crippen LogP) is -0.733. The Balaban J connectivity index is 2.27. The molecular formula is C13H15FN2O7. The van der Waals surface area contributed by atoms with Crippen molar-refractivity contribution in [3.05, 3.63) is 33.1 Å². The maximum absolute atomic E-state index is 14.6. The zero-order valence-electron chi connectivity index (χ0n) is 12.4. The largest absolute Gasteiger partial charge is 0.463 e. The Kier molecular flexibility index (Phi) is 4.94. The number of nitrogens with zero attached hydrogens (tertiary/aromatic N) is 1. The molecule has 0 amide bonds. The molecule has 1 aliphatic heterocycles. The number of aromatic nitrogens is 2. The van der Waals surface area contributed by atoms with Crippen molar-refractivity contribution in [1.29, 1.82) is 0 Å². The van der Waals surface area contributed by atoms with Crippen molar-refractivity contribution in [3.8, 4) is 0 Å². The van der Waals surface area contributed by atoms with Gasteiger partial charge in [0.05, 0.1) is 0 Å². The number of hydrogen-bond acceptors (Lipinski definition) is 7. The maximum Gasteiger partial charge on any atom is 0.330 e. The molecule has 0 saturated carbocycles. The molecule has 1 aromatic heterocycles. The van der Waals surface area contributed by atoms with Gasteiger partial charge in [-0.1, -0.05) is 0 Å². The third kappa shape index (κ3) is 3.83. The summed E-state index contributed by atoms with van der Waals surface area (Å²) in [5.74, 6) is -1.36. The number of nitrogens with one attached hydrogen (secondary N) is 1. The van der Waals surface area contributed by atoms with Crippen molar-refractivity contribution in [2.45, 2.75) is 38.5 Å². The molecule has 23 heavy (non-hydrogen) atoms. The van der Waals surface area contributed by atoms with Gasteiger partial charge < -0.3 is 14.2 Å². The van der Waals surface area contributed by atoms with Gasteiger partial charge in [-0.2, -0.15) is 0 Å². The minimum absolute atomic E-state index is 0.345. The minimum atomic E-state index is -1.89. The van der Waals surface area contributed by atoms with Gasteiger partial charge >= 0.3 is 17.6 Å². The van der Waals surface area contributed by atoms with Crippen LogP contribution in [0, 0.1) is 0 Å². The molecule has 0 radical (unpaired) electrons. The lowest BCUT2D eigenvalue weighted by molar-refractivity contribution is -0.156. The number of ether oxygens (including phenoxy) is 3. The Morgan fingerprint density at radius 3 is 2.61 bits per heavy atom. The normalized spacial score (nSPS) is 26.7. The molecule has 0 aromatic carbocycles. The van der Waals surface area contributed by atoms with E-state index in [1.807, 2.05) is 4.98 Å². The summed E-state index contributed by atoms with van der Waals surface area (Å²) in [7, 11) is 0. The van der Waals surface area contributed by atoms with Crippen LogP contribution in [0.1, 0.15) is 20.1 Å². The second kappa shape index (κ2) is 6.73. The second-order valence-electron chi connectivity index (χ2n) is 4.90. The SMILES string of the molecule is CC(=O)OC[C@H]1O[C@@H](n2ccc(=O)[nH]c2=O)[C@H](F)[C@@H]1OC(C)=O. The smallest absolute Gasteiger partial charge is 0.330 e. The maximum atomic E-state index is 14.6. The standard InChI is InChI=1S/C13H15FN2O7/c1-6(17)21-5-8-11(22-7(2)18)10(14)12(23-8)16-4-3-9(19)15-13(16)20/h3-4,8,10-12H,5H2,1-2H3,(H,15,19,20)/t8-,10-,11-,12-/m1/s1. The fourth-order valence-corrected chi connectivity index (χ4v) is 2.21. The third-order valence-corrected chi connectivity index (χ3v) is 3.15. The number of esters is 2. The van der Waals surface area contributed by atoms with Crippen LogP contribution in [-0.2, 0) is 23.8 Å². The summed E-state index contributed by atoms with van der Waals surface area (Å²) in [5.41, 5.74) is -1.52. The van der Waals surface area contributed by atoms with Crippen LogP contribution in [0.25, 0.3) is 0 Å². The highest BCUT2D eigenvalue weighted by molar-refractivity contribution is 5.66. The van der Waals surface area contributed by atoms with E-state index < -0.39 is 47.8 Å². The topological polar surface area (TPSA) is 117 Å². The number of carbonyl (C=O) groups excluding carboxylic acids is 2. The first kappa shape index (κ1) is 16.9. The van der Waals surface area contributed by atoms with Crippen LogP contribution in [0.4, 0.5) is 4.39 Å². The zero-order chi connectivity index (χ0) is 17.1. The van der Waals surface area contributed by atoms with E-state index in [9.17, 15) is 23.6 Å². The van der Waals surface area contributed by atoms with Crippen LogP contribution in [-0.4, -0.2) is 46.5 Å². The van der Waals surface area contributed by atoms with Gasteiger partial charge in [-0.05, 0) is 0 Å². The van der Waals surface area contributed by atoms with Gasteiger partial charge in [-0.15, -0.1) is 0 Å². The van der Waals surface area contributed by atoms with Crippen molar-refractivity contribution in [3.63, 3.8) is 0 Å². The Morgan fingerprint density at radius 2 is 2.04 bits per heavy atom. The van der Waals surface area contributed by atoms with Crippen molar-refractivity contribution >= 4 is 11.9 Å². The van der Waals surface area contributed by atoms with E-state index >= 15 is 0 Å². The first-order valence-corrected chi connectivity index (χ1v) is 6.71. The number of hydrogen-bond donors (Lipinski definition) is 1. The van der Waals surface area contributed by atoms with E-state index in [-0.39, 0.29) is 6.61 Å². The molecule has 0 spiro atoms. The molecule has 10 heteroatoms. The number of H-pyrrole nitrogens is 1. The quantitative estimate of drug-likeness (QED) is 0.723. The van der Waals surface area contributed by atoms with Crippen LogP contribution in [0.3, 0.4) is 0 Å². The Labute approximate surface area is 129 Å². The van der Waals surface area contributed by atoms with Crippen LogP contribution < -0.4 is 11.2 Å². The van der Waals surface area contributed by atoms with Crippen molar-refractivity contribution in [2.24, 2.45) is 0 Å². The number of rotatable bonds is 4. The molecular weight excluding hydrogens is 315 g/mol. The number of aromatic amines is 1. The van der Waals surface area contributed by atoms with Gasteiger partial charge in [0.1, 0.15) is 12.7 Å². The van der Waals surface area contributed by atoms with Gasteiger partial charge in [0.15, 0.2) is 18.5 Å². The van der Waals surface area contributed by atoms with Gasteiger partial charge in [0.2, 0.25) is 0 Å². The molecule has 0 bridgehead atoms. The minimum Gasteiger partial charge on any atom is -0.463 e. The molecule has 2 heterocycles. The predicted molar refractivity (Wildman–Crippen MR) is 72.3 cm³/mol. The molecule has 2 rings (SSSR count). The third-order valence-electron chi connectivity index (χ3n) is 3.15. The van der Waals surface area contributed by atoms with E-state index in [1.54, 1.807) is 0 Å². The Hall–Kier alpha value is -2.49. The van der Waals surface area contributed by atoms with Gasteiger partial charge in [0.25, 0.3) is 5.56 Å². The molecule has 1 fully saturated rings. The van der Waals surface area contributed by atoms with Gasteiger partial charge in [-0.3, -0.25) is 23.9 Å². The van der Waals surface area contributed by atoms with Gasteiger partial charge in [-0.25, -0.2) is 9.18 Å². The summed E-state index contributed by atoms with van der Waals surface area (Å²) >= 11 is 0. The highest BCUT2D eigenvalue weighted by atomic mass is 19.1.